The van der Waals surface area contributed by atoms with Crippen LogP contribution in [0.1, 0.15) is 6.92 Å². The maximum Gasteiger partial charge on any atom is 0.221 e. The van der Waals surface area contributed by atoms with Crippen LogP contribution in [0.3, 0.4) is 0 Å². The maximum atomic E-state index is 10.7. The quantitative estimate of drug-likeness (QED) is 0.723. The number of anilines is 1. The van der Waals surface area contributed by atoms with Crippen LogP contribution in [0.15, 0.2) is 34.9 Å². The Labute approximate surface area is 75.3 Å². The second-order valence-corrected chi connectivity index (χ2v) is 2.85. The molecule has 2 aromatic rings. The zero-order valence-electron chi connectivity index (χ0n) is 7.20. The van der Waals surface area contributed by atoms with Gasteiger partial charge in [-0.3, -0.25) is 4.79 Å². The molecule has 0 unspecified atom stereocenters. The highest BCUT2D eigenvalue weighted by Gasteiger charge is 1.99. The van der Waals surface area contributed by atoms with Gasteiger partial charge >= 0.3 is 0 Å². The summed E-state index contributed by atoms with van der Waals surface area (Å²) in [5.74, 6) is -0.0779. The van der Waals surface area contributed by atoms with Gasteiger partial charge in [0, 0.05) is 24.1 Å². The Balaban J connectivity index is 2.42. The van der Waals surface area contributed by atoms with E-state index in [-0.39, 0.29) is 5.91 Å². The number of rotatable bonds is 1. The summed E-state index contributed by atoms with van der Waals surface area (Å²) in [6.07, 6.45) is 1.63. The van der Waals surface area contributed by atoms with E-state index < -0.39 is 0 Å². The third-order valence-corrected chi connectivity index (χ3v) is 1.78. The van der Waals surface area contributed by atoms with Gasteiger partial charge in [-0.1, -0.05) is 0 Å². The van der Waals surface area contributed by atoms with E-state index in [2.05, 4.69) is 5.32 Å². The third-order valence-electron chi connectivity index (χ3n) is 1.78. The van der Waals surface area contributed by atoms with Crippen molar-refractivity contribution in [2.24, 2.45) is 0 Å². The molecular formula is C10H9NO2. The van der Waals surface area contributed by atoms with E-state index in [0.29, 0.717) is 0 Å². The average Bonchev–Trinajstić information content (AvgIpc) is 2.49. The van der Waals surface area contributed by atoms with Crippen molar-refractivity contribution in [1.29, 1.82) is 0 Å². The average molecular weight is 175 g/mol. The number of furan rings is 1. The molecule has 0 aliphatic heterocycles. The first-order valence-corrected chi connectivity index (χ1v) is 4.00. The van der Waals surface area contributed by atoms with Crippen molar-refractivity contribution in [3.8, 4) is 0 Å². The molecule has 1 aromatic heterocycles. The lowest BCUT2D eigenvalue weighted by Crippen LogP contribution is -2.05. The molecule has 1 aromatic carbocycles. The van der Waals surface area contributed by atoms with E-state index in [9.17, 15) is 4.79 Å². The lowest BCUT2D eigenvalue weighted by Gasteiger charge is -1.99. The number of fused-ring (bicyclic) bond motifs is 1. The van der Waals surface area contributed by atoms with E-state index in [1.165, 1.54) is 6.92 Å². The molecule has 0 saturated heterocycles. The van der Waals surface area contributed by atoms with Crippen LogP contribution in [0.5, 0.6) is 0 Å². The monoisotopic (exact) mass is 175 g/mol. The highest BCUT2D eigenvalue weighted by Crippen LogP contribution is 2.19. The molecule has 0 aliphatic rings. The van der Waals surface area contributed by atoms with Gasteiger partial charge in [0.2, 0.25) is 5.91 Å². The summed E-state index contributed by atoms with van der Waals surface area (Å²) in [7, 11) is 0. The highest BCUT2D eigenvalue weighted by molar-refractivity contribution is 5.91. The number of hydrogen-bond acceptors (Lipinski definition) is 2. The summed E-state index contributed by atoms with van der Waals surface area (Å²) in [5, 5.41) is 3.72. The maximum absolute atomic E-state index is 10.7. The minimum atomic E-state index is -0.0779. The molecule has 0 radical (unpaired) electrons. The van der Waals surface area contributed by atoms with E-state index in [1.54, 1.807) is 12.3 Å². The van der Waals surface area contributed by atoms with Crippen LogP contribution < -0.4 is 5.32 Å². The number of nitrogens with one attached hydrogen (secondary N) is 1. The Kier molecular flexibility index (Phi) is 1.77. The summed E-state index contributed by atoms with van der Waals surface area (Å²) in [5.41, 5.74) is 1.54. The molecule has 13 heavy (non-hydrogen) atoms. The van der Waals surface area contributed by atoms with Crippen LogP contribution in [0.4, 0.5) is 5.69 Å². The van der Waals surface area contributed by atoms with Gasteiger partial charge in [0.05, 0.1) is 6.26 Å². The molecule has 1 heterocycles. The Morgan fingerprint density at radius 2 is 2.23 bits per heavy atom. The molecule has 2 rings (SSSR count). The zero-order chi connectivity index (χ0) is 9.26. The predicted octanol–water partition coefficient (Wildman–Crippen LogP) is 2.39. The number of benzene rings is 1. The van der Waals surface area contributed by atoms with Crippen molar-refractivity contribution in [3.63, 3.8) is 0 Å². The standard InChI is InChI=1S/C10H9NO2/c1-7(12)11-9-3-2-8-4-5-13-10(8)6-9/h2-6H,1H3,(H,11,12). The molecule has 3 heteroatoms. The predicted molar refractivity (Wildman–Crippen MR) is 50.5 cm³/mol. The van der Waals surface area contributed by atoms with Crippen molar-refractivity contribution in [2.45, 2.75) is 6.92 Å². The molecule has 66 valence electrons. The van der Waals surface area contributed by atoms with Gasteiger partial charge in [-0.15, -0.1) is 0 Å². The normalized spacial score (nSPS) is 10.2. The fourth-order valence-electron chi connectivity index (χ4n) is 1.24. The molecule has 0 atom stereocenters. The molecule has 1 amide bonds. The first-order valence-electron chi connectivity index (χ1n) is 4.00. The second kappa shape index (κ2) is 2.94. The number of amides is 1. The van der Waals surface area contributed by atoms with Crippen molar-refractivity contribution in [2.75, 3.05) is 5.32 Å². The number of carbonyl (C=O) groups excluding carboxylic acids is 1. The molecular weight excluding hydrogens is 166 g/mol. The van der Waals surface area contributed by atoms with Crippen LogP contribution >= 0.6 is 0 Å². The number of hydrogen-bond donors (Lipinski definition) is 1. The first-order chi connectivity index (χ1) is 6.25. The largest absolute Gasteiger partial charge is 0.464 e. The minimum Gasteiger partial charge on any atom is -0.464 e. The van der Waals surface area contributed by atoms with Gasteiger partial charge in [-0.25, -0.2) is 0 Å². The lowest BCUT2D eigenvalue weighted by molar-refractivity contribution is -0.114. The topological polar surface area (TPSA) is 42.2 Å². The van der Waals surface area contributed by atoms with Gasteiger partial charge in [-0.05, 0) is 18.2 Å². The zero-order valence-corrected chi connectivity index (χ0v) is 7.20. The molecule has 0 saturated carbocycles. The summed E-state index contributed by atoms with van der Waals surface area (Å²) in [6.45, 7) is 1.48. The van der Waals surface area contributed by atoms with E-state index in [1.807, 2.05) is 18.2 Å². The Bertz CT molecular complexity index is 445. The molecule has 1 N–H and O–H groups in total. The molecule has 3 nitrogen and oxygen atoms in total. The fourth-order valence-corrected chi connectivity index (χ4v) is 1.24. The van der Waals surface area contributed by atoms with Gasteiger partial charge in [0.15, 0.2) is 0 Å². The summed E-state index contributed by atoms with van der Waals surface area (Å²) in [4.78, 5) is 10.7. The van der Waals surface area contributed by atoms with Crippen LogP contribution in [0.2, 0.25) is 0 Å². The summed E-state index contributed by atoms with van der Waals surface area (Å²) >= 11 is 0. The SMILES string of the molecule is CC(=O)Nc1ccc2ccoc2c1. The van der Waals surface area contributed by atoms with Crippen LogP contribution in [-0.2, 0) is 4.79 Å². The summed E-state index contributed by atoms with van der Waals surface area (Å²) in [6, 6.07) is 7.44. The first kappa shape index (κ1) is 7.86. The van der Waals surface area contributed by atoms with E-state index >= 15 is 0 Å². The van der Waals surface area contributed by atoms with Crippen LogP contribution in [-0.4, -0.2) is 5.91 Å². The Morgan fingerprint density at radius 3 is 3.00 bits per heavy atom. The van der Waals surface area contributed by atoms with Crippen LogP contribution in [0, 0.1) is 0 Å². The number of carbonyl (C=O) groups is 1. The Morgan fingerprint density at radius 1 is 1.38 bits per heavy atom. The van der Waals surface area contributed by atoms with Crippen LogP contribution in [0.25, 0.3) is 11.0 Å². The molecule has 0 bridgehead atoms. The molecule has 0 fully saturated rings. The van der Waals surface area contributed by atoms with Crippen molar-refractivity contribution < 1.29 is 9.21 Å². The Hall–Kier alpha value is -1.77. The molecule has 0 aliphatic carbocycles. The van der Waals surface area contributed by atoms with Gasteiger partial charge in [0.25, 0.3) is 0 Å². The van der Waals surface area contributed by atoms with Crippen molar-refractivity contribution in [3.05, 3.63) is 30.5 Å². The van der Waals surface area contributed by atoms with Crippen molar-refractivity contribution >= 4 is 22.6 Å². The van der Waals surface area contributed by atoms with E-state index in [4.69, 9.17) is 4.42 Å². The second-order valence-electron chi connectivity index (χ2n) is 2.85. The lowest BCUT2D eigenvalue weighted by atomic mass is 10.2. The van der Waals surface area contributed by atoms with Gasteiger partial charge in [0.1, 0.15) is 5.58 Å². The fraction of sp³-hybridized carbons (Fsp3) is 0.100. The van der Waals surface area contributed by atoms with Crippen molar-refractivity contribution in [1.82, 2.24) is 0 Å². The highest BCUT2D eigenvalue weighted by atomic mass is 16.3. The third kappa shape index (κ3) is 1.54. The van der Waals surface area contributed by atoms with E-state index in [0.717, 1.165) is 16.7 Å². The van der Waals surface area contributed by atoms with Gasteiger partial charge in [-0.2, -0.15) is 0 Å². The van der Waals surface area contributed by atoms with Gasteiger partial charge < -0.3 is 9.73 Å². The minimum absolute atomic E-state index is 0.0779. The summed E-state index contributed by atoms with van der Waals surface area (Å²) < 4.78 is 5.19. The molecule has 0 spiro atoms. The smallest absolute Gasteiger partial charge is 0.221 e.